The molecule has 1 fully saturated rings. The van der Waals surface area contributed by atoms with Gasteiger partial charge in [-0.15, -0.1) is 0 Å². The molecule has 0 bridgehead atoms. The molecule has 1 aliphatic heterocycles. The van der Waals surface area contributed by atoms with E-state index in [1.807, 2.05) is 72.7 Å². The fourth-order valence-corrected chi connectivity index (χ4v) is 2.38. The Labute approximate surface area is 145 Å². The van der Waals surface area contributed by atoms with Gasteiger partial charge in [-0.3, -0.25) is 0 Å². The van der Waals surface area contributed by atoms with Gasteiger partial charge in [0.1, 0.15) is 5.60 Å². The monoisotopic (exact) mass is 333 g/mol. The van der Waals surface area contributed by atoms with Gasteiger partial charge in [0.15, 0.2) is 0 Å². The van der Waals surface area contributed by atoms with Gasteiger partial charge >= 0.3 is 13.2 Å². The number of hydrogen-bond acceptors (Lipinski definition) is 4. The van der Waals surface area contributed by atoms with Crippen molar-refractivity contribution in [2.45, 2.75) is 71.8 Å². The SMILES string of the molecule is CC(C)(C)OC(=O)NCc1ccccc1B1OC(C)(C)C(C)(C)O1. The number of rotatable bonds is 3. The predicted octanol–water partition coefficient (Wildman–Crippen LogP) is 3.01. The molecule has 1 heterocycles. The quantitative estimate of drug-likeness (QED) is 0.864. The third kappa shape index (κ3) is 4.30. The van der Waals surface area contributed by atoms with Crippen LogP contribution >= 0.6 is 0 Å². The summed E-state index contributed by atoms with van der Waals surface area (Å²) in [4.78, 5) is 11.9. The van der Waals surface area contributed by atoms with Crippen molar-refractivity contribution in [3.8, 4) is 0 Å². The molecule has 5 nitrogen and oxygen atoms in total. The summed E-state index contributed by atoms with van der Waals surface area (Å²) in [6.45, 7) is 14.0. The maximum absolute atomic E-state index is 11.9. The average Bonchev–Trinajstić information content (AvgIpc) is 2.63. The molecule has 2 rings (SSSR count). The van der Waals surface area contributed by atoms with Gasteiger partial charge in [0, 0.05) is 6.54 Å². The summed E-state index contributed by atoms with van der Waals surface area (Å²) in [7, 11) is -0.452. The van der Waals surface area contributed by atoms with Crippen LogP contribution in [0.1, 0.15) is 54.0 Å². The Bertz CT molecular complexity index is 591. The van der Waals surface area contributed by atoms with E-state index in [1.54, 1.807) is 0 Å². The Morgan fingerprint density at radius 2 is 1.67 bits per heavy atom. The normalized spacial score (nSPS) is 19.2. The Balaban J connectivity index is 2.10. The maximum atomic E-state index is 11.9. The molecule has 0 atom stereocenters. The minimum atomic E-state index is -0.519. The van der Waals surface area contributed by atoms with Crippen LogP contribution in [0.15, 0.2) is 24.3 Å². The number of hydrogen-bond donors (Lipinski definition) is 1. The highest BCUT2D eigenvalue weighted by molar-refractivity contribution is 6.62. The van der Waals surface area contributed by atoms with Crippen molar-refractivity contribution in [1.29, 1.82) is 0 Å². The zero-order valence-corrected chi connectivity index (χ0v) is 15.7. The lowest BCUT2D eigenvalue weighted by Gasteiger charge is -2.32. The van der Waals surface area contributed by atoms with E-state index in [0.29, 0.717) is 6.54 Å². The van der Waals surface area contributed by atoms with Crippen molar-refractivity contribution in [3.63, 3.8) is 0 Å². The third-order valence-corrected chi connectivity index (χ3v) is 4.38. The van der Waals surface area contributed by atoms with Crippen molar-refractivity contribution in [1.82, 2.24) is 5.32 Å². The smallest absolute Gasteiger partial charge is 0.444 e. The number of carbonyl (C=O) groups excluding carboxylic acids is 1. The standard InChI is InChI=1S/C18H28BNO4/c1-16(2,3)22-15(21)20-12-13-10-8-9-11-14(13)19-23-17(4,5)18(6,7)24-19/h8-11H,12H2,1-7H3,(H,20,21). The van der Waals surface area contributed by atoms with E-state index in [1.165, 1.54) is 0 Å². The van der Waals surface area contributed by atoms with Crippen molar-refractivity contribution >= 4 is 18.7 Å². The topological polar surface area (TPSA) is 56.8 Å². The molecule has 1 amide bonds. The largest absolute Gasteiger partial charge is 0.495 e. The van der Waals surface area contributed by atoms with E-state index in [9.17, 15) is 4.79 Å². The summed E-state index contributed by atoms with van der Waals surface area (Å²) >= 11 is 0. The summed E-state index contributed by atoms with van der Waals surface area (Å²) in [5.41, 5.74) is 0.552. The summed E-state index contributed by atoms with van der Waals surface area (Å²) in [6.07, 6.45) is -0.439. The van der Waals surface area contributed by atoms with Crippen molar-refractivity contribution in [3.05, 3.63) is 29.8 Å². The molecular weight excluding hydrogens is 305 g/mol. The lowest BCUT2D eigenvalue weighted by atomic mass is 9.76. The molecule has 0 spiro atoms. The zero-order chi connectivity index (χ0) is 18.2. The average molecular weight is 333 g/mol. The molecule has 1 aromatic rings. The minimum absolute atomic E-state index is 0.356. The van der Waals surface area contributed by atoms with Gasteiger partial charge < -0.3 is 19.4 Å². The molecule has 1 aliphatic rings. The second-order valence-electron chi connectivity index (χ2n) is 8.14. The fourth-order valence-electron chi connectivity index (χ4n) is 2.38. The second kappa shape index (κ2) is 6.41. The highest BCUT2D eigenvalue weighted by Crippen LogP contribution is 2.36. The number of carbonyl (C=O) groups is 1. The molecule has 24 heavy (non-hydrogen) atoms. The Hall–Kier alpha value is -1.53. The molecule has 0 aliphatic carbocycles. The van der Waals surface area contributed by atoms with Gasteiger partial charge in [-0.05, 0) is 59.5 Å². The van der Waals surface area contributed by atoms with Crippen molar-refractivity contribution in [2.24, 2.45) is 0 Å². The van der Waals surface area contributed by atoms with Gasteiger partial charge in [-0.2, -0.15) is 0 Å². The van der Waals surface area contributed by atoms with E-state index in [-0.39, 0.29) is 0 Å². The van der Waals surface area contributed by atoms with E-state index in [2.05, 4.69) is 5.32 Å². The molecule has 0 unspecified atom stereocenters. The lowest BCUT2D eigenvalue weighted by Crippen LogP contribution is -2.41. The Morgan fingerprint density at radius 3 is 2.21 bits per heavy atom. The summed E-state index contributed by atoms with van der Waals surface area (Å²) < 4.78 is 17.5. The van der Waals surface area contributed by atoms with Crippen LogP contribution in [-0.2, 0) is 20.6 Å². The first-order chi connectivity index (χ1) is 10.9. The minimum Gasteiger partial charge on any atom is -0.444 e. The van der Waals surface area contributed by atoms with Gasteiger partial charge in [-0.1, -0.05) is 24.3 Å². The molecular formula is C18H28BNO4. The number of alkyl carbamates (subject to hydrolysis) is 1. The molecule has 0 aromatic heterocycles. The lowest BCUT2D eigenvalue weighted by molar-refractivity contribution is 0.00578. The van der Waals surface area contributed by atoms with E-state index >= 15 is 0 Å². The fraction of sp³-hybridized carbons (Fsp3) is 0.611. The van der Waals surface area contributed by atoms with Crippen molar-refractivity contribution < 1.29 is 18.8 Å². The third-order valence-electron chi connectivity index (χ3n) is 4.38. The molecule has 0 saturated carbocycles. The van der Waals surface area contributed by atoms with Crippen LogP contribution in [0.2, 0.25) is 0 Å². The Morgan fingerprint density at radius 1 is 1.12 bits per heavy atom. The first-order valence-electron chi connectivity index (χ1n) is 8.32. The summed E-state index contributed by atoms with van der Waals surface area (Å²) in [5.74, 6) is 0. The van der Waals surface area contributed by atoms with Crippen LogP contribution in [0.4, 0.5) is 4.79 Å². The molecule has 0 radical (unpaired) electrons. The molecule has 1 saturated heterocycles. The van der Waals surface area contributed by atoms with Crippen LogP contribution in [0.5, 0.6) is 0 Å². The maximum Gasteiger partial charge on any atom is 0.495 e. The van der Waals surface area contributed by atoms with Gasteiger partial charge in [0.25, 0.3) is 0 Å². The number of nitrogens with one attached hydrogen (secondary N) is 1. The highest BCUT2D eigenvalue weighted by atomic mass is 16.7. The van der Waals surface area contributed by atoms with Gasteiger partial charge in [-0.25, -0.2) is 4.79 Å². The number of benzene rings is 1. The molecule has 1 aromatic carbocycles. The predicted molar refractivity (Wildman–Crippen MR) is 95.2 cm³/mol. The van der Waals surface area contributed by atoms with Crippen LogP contribution in [0.25, 0.3) is 0 Å². The van der Waals surface area contributed by atoms with E-state index in [0.717, 1.165) is 11.0 Å². The van der Waals surface area contributed by atoms with Crippen LogP contribution in [0, 0.1) is 0 Å². The molecule has 6 heteroatoms. The Kier molecular flexibility index (Phi) is 5.02. The first kappa shape index (κ1) is 18.8. The van der Waals surface area contributed by atoms with Gasteiger partial charge in [0.05, 0.1) is 11.2 Å². The van der Waals surface area contributed by atoms with Crippen LogP contribution in [-0.4, -0.2) is 30.0 Å². The summed E-state index contributed by atoms with van der Waals surface area (Å²) in [6, 6.07) is 7.80. The number of ether oxygens (including phenoxy) is 1. The molecule has 1 N–H and O–H groups in total. The van der Waals surface area contributed by atoms with Crippen molar-refractivity contribution in [2.75, 3.05) is 0 Å². The van der Waals surface area contributed by atoms with Crippen LogP contribution < -0.4 is 10.8 Å². The van der Waals surface area contributed by atoms with E-state index in [4.69, 9.17) is 14.0 Å². The van der Waals surface area contributed by atoms with Crippen LogP contribution in [0.3, 0.4) is 0 Å². The summed E-state index contributed by atoms with van der Waals surface area (Å²) in [5, 5.41) is 2.79. The highest BCUT2D eigenvalue weighted by Gasteiger charge is 2.52. The number of amides is 1. The van der Waals surface area contributed by atoms with Gasteiger partial charge in [0.2, 0.25) is 0 Å². The van der Waals surface area contributed by atoms with E-state index < -0.39 is 30.0 Å². The molecule has 132 valence electrons. The zero-order valence-electron chi connectivity index (χ0n) is 15.7. The second-order valence-corrected chi connectivity index (χ2v) is 8.14. The first-order valence-corrected chi connectivity index (χ1v) is 8.32.